The Morgan fingerprint density at radius 3 is 3.06 bits per heavy atom. The number of nitrogens with zero attached hydrogens (tertiary/aromatic N) is 2. The summed E-state index contributed by atoms with van der Waals surface area (Å²) in [6.45, 7) is 5.01. The highest BCUT2D eigenvalue weighted by molar-refractivity contribution is 5.56. The summed E-state index contributed by atoms with van der Waals surface area (Å²) in [7, 11) is 0. The fraction of sp³-hybridized carbons (Fsp3) is 0.385. The minimum absolute atomic E-state index is 0.488. The zero-order valence-electron chi connectivity index (χ0n) is 10.2. The second kappa shape index (κ2) is 5.59. The molecule has 0 fully saturated rings. The van der Waals surface area contributed by atoms with Gasteiger partial charge in [-0.1, -0.05) is 12.1 Å². The predicted octanol–water partition coefficient (Wildman–Crippen LogP) is 2.62. The summed E-state index contributed by atoms with van der Waals surface area (Å²) in [6, 6.07) is 6.30. The van der Waals surface area contributed by atoms with Crippen molar-refractivity contribution in [2.24, 2.45) is 0 Å². The van der Waals surface area contributed by atoms with E-state index < -0.39 is 0 Å². The van der Waals surface area contributed by atoms with Crippen LogP contribution in [0.5, 0.6) is 0 Å². The summed E-state index contributed by atoms with van der Waals surface area (Å²) in [5, 5.41) is 7.40. The molecule has 2 heterocycles. The van der Waals surface area contributed by atoms with Crippen molar-refractivity contribution >= 4 is 0 Å². The zero-order chi connectivity index (χ0) is 12.1. The average molecular weight is 231 g/mol. The lowest BCUT2D eigenvalue weighted by molar-refractivity contribution is 0.365. The van der Waals surface area contributed by atoms with Gasteiger partial charge < -0.3 is 9.84 Å². The van der Waals surface area contributed by atoms with Gasteiger partial charge >= 0.3 is 0 Å². The Labute approximate surface area is 101 Å². The fourth-order valence-corrected chi connectivity index (χ4v) is 1.47. The van der Waals surface area contributed by atoms with Crippen LogP contribution in [-0.2, 0) is 6.54 Å². The van der Waals surface area contributed by atoms with Gasteiger partial charge in [-0.25, -0.2) is 0 Å². The van der Waals surface area contributed by atoms with Gasteiger partial charge in [0.05, 0.1) is 6.54 Å². The smallest absolute Gasteiger partial charge is 0.151 e. The van der Waals surface area contributed by atoms with Crippen molar-refractivity contribution in [2.75, 3.05) is 0 Å². The number of aromatic nitrogens is 2. The molecule has 0 radical (unpaired) electrons. The minimum atomic E-state index is 0.488. The van der Waals surface area contributed by atoms with E-state index in [9.17, 15) is 0 Å². The lowest BCUT2D eigenvalue weighted by Gasteiger charge is -2.08. The first kappa shape index (κ1) is 11.8. The van der Waals surface area contributed by atoms with Gasteiger partial charge in [0.15, 0.2) is 5.76 Å². The molecular weight excluding hydrogens is 214 g/mol. The van der Waals surface area contributed by atoms with Crippen molar-refractivity contribution in [3.05, 3.63) is 36.4 Å². The van der Waals surface area contributed by atoms with E-state index >= 15 is 0 Å². The highest BCUT2D eigenvalue weighted by atomic mass is 16.5. The van der Waals surface area contributed by atoms with E-state index in [1.54, 1.807) is 12.4 Å². The van der Waals surface area contributed by atoms with Crippen LogP contribution in [0.4, 0.5) is 0 Å². The molecule has 2 aromatic rings. The normalized spacial score (nSPS) is 12.6. The summed E-state index contributed by atoms with van der Waals surface area (Å²) in [5.41, 5.74) is 1.81. The van der Waals surface area contributed by atoms with Crippen LogP contribution in [0.25, 0.3) is 11.3 Å². The third-order valence-corrected chi connectivity index (χ3v) is 2.75. The number of nitrogens with one attached hydrogen (secondary N) is 1. The second-order valence-electron chi connectivity index (χ2n) is 4.11. The van der Waals surface area contributed by atoms with Gasteiger partial charge in [0.1, 0.15) is 5.69 Å². The molecule has 17 heavy (non-hydrogen) atoms. The highest BCUT2D eigenvalue weighted by Crippen LogP contribution is 2.17. The summed E-state index contributed by atoms with van der Waals surface area (Å²) in [6.07, 6.45) is 4.63. The molecule has 0 saturated carbocycles. The van der Waals surface area contributed by atoms with Crippen LogP contribution < -0.4 is 5.32 Å². The fourth-order valence-electron chi connectivity index (χ4n) is 1.47. The maximum Gasteiger partial charge on any atom is 0.151 e. The molecule has 1 N–H and O–H groups in total. The lowest BCUT2D eigenvalue weighted by atomic mass is 10.2. The van der Waals surface area contributed by atoms with E-state index in [-0.39, 0.29) is 0 Å². The molecule has 0 amide bonds. The topological polar surface area (TPSA) is 51.0 Å². The van der Waals surface area contributed by atoms with Crippen molar-refractivity contribution in [1.29, 1.82) is 0 Å². The van der Waals surface area contributed by atoms with E-state index in [4.69, 9.17) is 4.52 Å². The predicted molar refractivity (Wildman–Crippen MR) is 66.3 cm³/mol. The Morgan fingerprint density at radius 1 is 1.47 bits per heavy atom. The Morgan fingerprint density at radius 2 is 2.35 bits per heavy atom. The molecule has 1 unspecified atom stereocenters. The highest BCUT2D eigenvalue weighted by Gasteiger charge is 2.07. The Kier molecular flexibility index (Phi) is 3.88. The van der Waals surface area contributed by atoms with Crippen molar-refractivity contribution in [2.45, 2.75) is 32.9 Å². The summed E-state index contributed by atoms with van der Waals surface area (Å²) in [4.78, 5) is 4.06. The molecule has 0 bridgehead atoms. The number of hydrogen-bond donors (Lipinski definition) is 1. The van der Waals surface area contributed by atoms with E-state index in [0.717, 1.165) is 23.4 Å². The molecule has 0 aliphatic carbocycles. The third-order valence-electron chi connectivity index (χ3n) is 2.75. The van der Waals surface area contributed by atoms with Crippen LogP contribution in [0.3, 0.4) is 0 Å². The molecule has 2 aromatic heterocycles. The van der Waals surface area contributed by atoms with E-state index in [0.29, 0.717) is 12.6 Å². The first-order chi connectivity index (χ1) is 8.29. The zero-order valence-corrected chi connectivity index (χ0v) is 10.2. The van der Waals surface area contributed by atoms with Crippen molar-refractivity contribution in [3.8, 4) is 11.3 Å². The van der Waals surface area contributed by atoms with Gasteiger partial charge in [-0.05, 0) is 25.5 Å². The lowest BCUT2D eigenvalue weighted by Crippen LogP contribution is -2.24. The van der Waals surface area contributed by atoms with Crippen LogP contribution in [0.1, 0.15) is 26.0 Å². The molecule has 0 saturated heterocycles. The third kappa shape index (κ3) is 3.14. The monoisotopic (exact) mass is 231 g/mol. The molecule has 2 rings (SSSR count). The molecule has 1 atom stereocenters. The molecule has 90 valence electrons. The Balaban J connectivity index is 2.01. The standard InChI is InChI=1S/C13H17N3O/c1-3-10(2)15-9-12-7-13(16-17-12)11-5-4-6-14-8-11/h4-8,10,15H,3,9H2,1-2H3. The van der Waals surface area contributed by atoms with Gasteiger partial charge in [0.2, 0.25) is 0 Å². The van der Waals surface area contributed by atoms with Crippen molar-refractivity contribution < 1.29 is 4.52 Å². The van der Waals surface area contributed by atoms with Crippen molar-refractivity contribution in [3.63, 3.8) is 0 Å². The van der Waals surface area contributed by atoms with Crippen LogP contribution in [0.2, 0.25) is 0 Å². The van der Waals surface area contributed by atoms with Crippen LogP contribution in [0, 0.1) is 0 Å². The molecule has 4 nitrogen and oxygen atoms in total. The first-order valence-electron chi connectivity index (χ1n) is 5.89. The quantitative estimate of drug-likeness (QED) is 0.859. The largest absolute Gasteiger partial charge is 0.359 e. The first-order valence-corrected chi connectivity index (χ1v) is 5.89. The maximum atomic E-state index is 5.27. The van der Waals surface area contributed by atoms with Gasteiger partial charge in [-0.15, -0.1) is 0 Å². The van der Waals surface area contributed by atoms with Gasteiger partial charge in [-0.3, -0.25) is 4.98 Å². The van der Waals surface area contributed by atoms with E-state index in [1.165, 1.54) is 0 Å². The SMILES string of the molecule is CCC(C)NCc1cc(-c2cccnc2)no1. The summed E-state index contributed by atoms with van der Waals surface area (Å²) in [5.74, 6) is 0.851. The van der Waals surface area contributed by atoms with Gasteiger partial charge in [-0.2, -0.15) is 0 Å². The van der Waals surface area contributed by atoms with Crippen LogP contribution >= 0.6 is 0 Å². The van der Waals surface area contributed by atoms with E-state index in [1.807, 2.05) is 18.2 Å². The average Bonchev–Trinajstić information content (AvgIpc) is 2.86. The molecular formula is C13H17N3O. The molecule has 0 aliphatic rings. The molecule has 0 aromatic carbocycles. The number of pyridine rings is 1. The minimum Gasteiger partial charge on any atom is -0.359 e. The summed E-state index contributed by atoms with van der Waals surface area (Å²) >= 11 is 0. The van der Waals surface area contributed by atoms with Crippen molar-refractivity contribution in [1.82, 2.24) is 15.5 Å². The Hall–Kier alpha value is -1.68. The second-order valence-corrected chi connectivity index (χ2v) is 4.11. The molecule has 0 spiro atoms. The van der Waals surface area contributed by atoms with Gasteiger partial charge in [0.25, 0.3) is 0 Å². The molecule has 0 aliphatic heterocycles. The number of hydrogen-bond acceptors (Lipinski definition) is 4. The number of rotatable bonds is 5. The van der Waals surface area contributed by atoms with Crippen LogP contribution in [-0.4, -0.2) is 16.2 Å². The summed E-state index contributed by atoms with van der Waals surface area (Å²) < 4.78 is 5.27. The Bertz CT molecular complexity index is 453. The van der Waals surface area contributed by atoms with Crippen LogP contribution in [0.15, 0.2) is 35.1 Å². The maximum absolute atomic E-state index is 5.27. The van der Waals surface area contributed by atoms with E-state index in [2.05, 4.69) is 29.3 Å². The van der Waals surface area contributed by atoms with Gasteiger partial charge in [0, 0.05) is 30.1 Å². The molecule has 4 heteroatoms.